The summed E-state index contributed by atoms with van der Waals surface area (Å²) in [5.74, 6) is -3.56. The maximum Gasteiger partial charge on any atom is 0.416 e. The molecule has 2 aromatic carbocycles. The molecular formula is C19H13F6NO5. The molecule has 0 aliphatic carbocycles. The minimum Gasteiger partial charge on any atom is -0.496 e. The van der Waals surface area contributed by atoms with E-state index in [0.29, 0.717) is 0 Å². The first-order chi connectivity index (χ1) is 14.3. The molecular weight excluding hydrogens is 436 g/mol. The summed E-state index contributed by atoms with van der Waals surface area (Å²) in [5, 5.41) is 1.85. The van der Waals surface area contributed by atoms with Crippen LogP contribution in [-0.2, 0) is 21.9 Å². The van der Waals surface area contributed by atoms with Crippen molar-refractivity contribution in [3.8, 4) is 5.75 Å². The van der Waals surface area contributed by atoms with E-state index in [2.05, 4.69) is 4.74 Å². The van der Waals surface area contributed by atoms with Gasteiger partial charge in [0.05, 0.1) is 29.4 Å². The average Bonchev–Trinajstić information content (AvgIpc) is 2.70. The van der Waals surface area contributed by atoms with Gasteiger partial charge in [0.15, 0.2) is 6.61 Å². The zero-order chi connectivity index (χ0) is 23.4. The van der Waals surface area contributed by atoms with Crippen molar-refractivity contribution in [2.45, 2.75) is 12.4 Å². The summed E-state index contributed by atoms with van der Waals surface area (Å²) in [6.45, 7) is -1.13. The summed E-state index contributed by atoms with van der Waals surface area (Å²) in [4.78, 5) is 35.8. The number of imide groups is 1. The van der Waals surface area contributed by atoms with E-state index in [1.165, 1.54) is 25.3 Å². The number of nitrogens with one attached hydrogen (secondary N) is 1. The summed E-state index contributed by atoms with van der Waals surface area (Å²) in [6.07, 6.45) is -10.3. The molecule has 0 saturated heterocycles. The number of hydrogen-bond acceptors (Lipinski definition) is 5. The van der Waals surface area contributed by atoms with Gasteiger partial charge in [0.2, 0.25) is 0 Å². The molecule has 0 bridgehead atoms. The molecule has 2 aromatic rings. The van der Waals surface area contributed by atoms with E-state index < -0.39 is 53.4 Å². The summed E-state index contributed by atoms with van der Waals surface area (Å²) in [6, 6.07) is 5.97. The topological polar surface area (TPSA) is 81.7 Å². The maximum atomic E-state index is 12.8. The number of rotatable bonds is 5. The second-order valence-corrected chi connectivity index (χ2v) is 5.95. The van der Waals surface area contributed by atoms with Crippen molar-refractivity contribution in [3.63, 3.8) is 0 Å². The Labute approximate surface area is 170 Å². The van der Waals surface area contributed by atoms with Crippen LogP contribution in [0.2, 0.25) is 0 Å². The summed E-state index contributed by atoms with van der Waals surface area (Å²) in [7, 11) is 1.28. The second kappa shape index (κ2) is 9.06. The van der Waals surface area contributed by atoms with E-state index in [1.54, 1.807) is 6.07 Å². The van der Waals surface area contributed by atoms with Gasteiger partial charge in [0.1, 0.15) is 5.75 Å². The van der Waals surface area contributed by atoms with Crippen LogP contribution < -0.4 is 10.1 Å². The van der Waals surface area contributed by atoms with Gasteiger partial charge in [0.25, 0.3) is 11.8 Å². The van der Waals surface area contributed by atoms with Gasteiger partial charge >= 0.3 is 18.3 Å². The van der Waals surface area contributed by atoms with Gasteiger partial charge in [-0.05, 0) is 30.3 Å². The molecule has 6 nitrogen and oxygen atoms in total. The minimum atomic E-state index is -5.16. The molecule has 0 radical (unpaired) electrons. The van der Waals surface area contributed by atoms with Crippen molar-refractivity contribution < 1.29 is 50.2 Å². The van der Waals surface area contributed by atoms with Crippen LogP contribution in [0.4, 0.5) is 26.3 Å². The fourth-order valence-corrected chi connectivity index (χ4v) is 2.35. The lowest BCUT2D eigenvalue weighted by atomic mass is 10.0. The van der Waals surface area contributed by atoms with E-state index in [4.69, 9.17) is 4.74 Å². The van der Waals surface area contributed by atoms with Crippen LogP contribution in [0.25, 0.3) is 0 Å². The minimum absolute atomic E-state index is 0.0302. The van der Waals surface area contributed by atoms with Crippen LogP contribution in [-0.4, -0.2) is 31.5 Å². The lowest BCUT2D eigenvalue weighted by Crippen LogP contribution is -2.34. The predicted molar refractivity (Wildman–Crippen MR) is 92.2 cm³/mol. The number of para-hydroxylation sites is 1. The second-order valence-electron chi connectivity index (χ2n) is 5.95. The molecule has 0 fully saturated rings. The number of esters is 1. The van der Waals surface area contributed by atoms with Crippen LogP contribution in [0, 0.1) is 0 Å². The van der Waals surface area contributed by atoms with Crippen molar-refractivity contribution in [1.82, 2.24) is 5.32 Å². The molecule has 2 amide bonds. The van der Waals surface area contributed by atoms with Crippen molar-refractivity contribution in [2.24, 2.45) is 0 Å². The molecule has 31 heavy (non-hydrogen) atoms. The SMILES string of the molecule is COc1ccccc1C(=O)NC(=O)COC(=O)c1cc(C(F)(F)F)cc(C(F)(F)F)c1. The fourth-order valence-electron chi connectivity index (χ4n) is 2.35. The molecule has 0 spiro atoms. The fraction of sp³-hybridized carbons (Fsp3) is 0.211. The van der Waals surface area contributed by atoms with Crippen molar-refractivity contribution in [3.05, 3.63) is 64.7 Å². The Morgan fingerprint density at radius 2 is 1.45 bits per heavy atom. The predicted octanol–water partition coefficient (Wildman–Crippen LogP) is 3.85. The Balaban J connectivity index is 2.11. The Kier molecular flexibility index (Phi) is 6.93. The number of methoxy groups -OCH3 is 1. The first-order valence-electron chi connectivity index (χ1n) is 8.26. The lowest BCUT2D eigenvalue weighted by Gasteiger charge is -2.14. The van der Waals surface area contributed by atoms with Gasteiger partial charge in [-0.3, -0.25) is 14.9 Å². The zero-order valence-electron chi connectivity index (χ0n) is 15.6. The Bertz CT molecular complexity index is 968. The third-order valence-corrected chi connectivity index (χ3v) is 3.76. The number of carbonyl (C=O) groups is 3. The summed E-state index contributed by atoms with van der Waals surface area (Å²) in [5.41, 5.74) is -4.53. The number of ether oxygens (including phenoxy) is 2. The van der Waals surface area contributed by atoms with Crippen LogP contribution in [0.3, 0.4) is 0 Å². The number of halogens is 6. The number of benzene rings is 2. The highest BCUT2D eigenvalue weighted by molar-refractivity contribution is 6.07. The Morgan fingerprint density at radius 3 is 1.97 bits per heavy atom. The highest BCUT2D eigenvalue weighted by Gasteiger charge is 2.37. The average molecular weight is 449 g/mol. The lowest BCUT2D eigenvalue weighted by molar-refractivity contribution is -0.143. The molecule has 0 aliphatic heterocycles. The number of carbonyl (C=O) groups excluding carboxylic acids is 3. The number of alkyl halides is 6. The van der Waals surface area contributed by atoms with Crippen molar-refractivity contribution in [2.75, 3.05) is 13.7 Å². The first kappa shape index (κ1) is 23.7. The van der Waals surface area contributed by atoms with Gasteiger partial charge in [-0.1, -0.05) is 12.1 Å². The molecule has 0 unspecified atom stereocenters. The quantitative estimate of drug-likeness (QED) is 0.554. The molecule has 0 aliphatic rings. The monoisotopic (exact) mass is 449 g/mol. The molecule has 2 rings (SSSR count). The van der Waals surface area contributed by atoms with Gasteiger partial charge in [-0.2, -0.15) is 26.3 Å². The highest BCUT2D eigenvalue weighted by Crippen LogP contribution is 2.36. The van der Waals surface area contributed by atoms with Gasteiger partial charge in [-0.25, -0.2) is 4.79 Å². The van der Waals surface area contributed by atoms with E-state index >= 15 is 0 Å². The number of amides is 2. The third kappa shape index (κ3) is 6.20. The Hall–Kier alpha value is -3.57. The Morgan fingerprint density at radius 1 is 0.903 bits per heavy atom. The number of hydrogen-bond donors (Lipinski definition) is 1. The van der Waals surface area contributed by atoms with Crippen LogP contribution in [0.1, 0.15) is 31.8 Å². The van der Waals surface area contributed by atoms with E-state index in [-0.39, 0.29) is 29.5 Å². The van der Waals surface area contributed by atoms with Crippen molar-refractivity contribution in [1.29, 1.82) is 0 Å². The standard InChI is InChI=1S/C19H13F6NO5/c1-30-14-5-3-2-4-13(14)16(28)26-15(27)9-31-17(29)10-6-11(18(20,21)22)8-12(7-10)19(23,24)25/h2-8H,9H2,1H3,(H,26,27,28). The molecule has 0 atom stereocenters. The van der Waals surface area contributed by atoms with E-state index in [9.17, 15) is 40.7 Å². The van der Waals surface area contributed by atoms with E-state index in [1.807, 2.05) is 5.32 Å². The smallest absolute Gasteiger partial charge is 0.416 e. The molecule has 166 valence electrons. The summed E-state index contributed by atoms with van der Waals surface area (Å²) < 4.78 is 86.5. The van der Waals surface area contributed by atoms with Crippen LogP contribution >= 0.6 is 0 Å². The zero-order valence-corrected chi connectivity index (χ0v) is 15.6. The van der Waals surface area contributed by atoms with E-state index in [0.717, 1.165) is 0 Å². The normalized spacial score (nSPS) is 11.6. The van der Waals surface area contributed by atoms with Crippen molar-refractivity contribution >= 4 is 17.8 Å². The molecule has 1 N–H and O–H groups in total. The molecule has 0 saturated carbocycles. The molecule has 12 heteroatoms. The van der Waals surface area contributed by atoms with Crippen LogP contribution in [0.5, 0.6) is 5.75 Å². The third-order valence-electron chi connectivity index (χ3n) is 3.76. The van der Waals surface area contributed by atoms with Gasteiger partial charge in [-0.15, -0.1) is 0 Å². The van der Waals surface area contributed by atoms with Gasteiger partial charge < -0.3 is 9.47 Å². The first-order valence-corrected chi connectivity index (χ1v) is 8.26. The van der Waals surface area contributed by atoms with Gasteiger partial charge in [0, 0.05) is 0 Å². The largest absolute Gasteiger partial charge is 0.496 e. The molecule has 0 aromatic heterocycles. The summed E-state index contributed by atoms with van der Waals surface area (Å²) >= 11 is 0. The highest BCUT2D eigenvalue weighted by atomic mass is 19.4. The van der Waals surface area contributed by atoms with Crippen LogP contribution in [0.15, 0.2) is 42.5 Å². The maximum absolute atomic E-state index is 12.8. The molecule has 0 heterocycles.